The summed E-state index contributed by atoms with van der Waals surface area (Å²) < 4.78 is 39.2. The van der Waals surface area contributed by atoms with Crippen molar-refractivity contribution in [3.63, 3.8) is 0 Å². The van der Waals surface area contributed by atoms with Gasteiger partial charge in [-0.3, -0.25) is 9.10 Å². The molecule has 34 heavy (non-hydrogen) atoms. The SMILES string of the molecule is Cc1ccc(N(CC(=O)NC(C)c2ccc3c(c2)OCCO3)S(=O)(=O)c2ccc(Cl)cc2)cc1. The van der Waals surface area contributed by atoms with Crippen LogP contribution in [0.2, 0.25) is 5.02 Å². The van der Waals surface area contributed by atoms with Crippen LogP contribution in [-0.2, 0) is 14.8 Å². The van der Waals surface area contributed by atoms with Crippen molar-refractivity contribution in [2.24, 2.45) is 0 Å². The second-order valence-electron chi connectivity index (χ2n) is 7.99. The quantitative estimate of drug-likeness (QED) is 0.516. The van der Waals surface area contributed by atoms with Gasteiger partial charge in [0, 0.05) is 5.02 Å². The Hall–Kier alpha value is -3.23. The maximum Gasteiger partial charge on any atom is 0.264 e. The summed E-state index contributed by atoms with van der Waals surface area (Å²) in [6.45, 7) is 4.31. The maximum absolute atomic E-state index is 13.5. The van der Waals surface area contributed by atoms with Crippen molar-refractivity contribution >= 4 is 33.2 Å². The van der Waals surface area contributed by atoms with E-state index < -0.39 is 15.9 Å². The van der Waals surface area contributed by atoms with Crippen LogP contribution >= 0.6 is 11.6 Å². The van der Waals surface area contributed by atoms with E-state index in [1.54, 1.807) is 30.3 Å². The van der Waals surface area contributed by atoms with Gasteiger partial charge in [-0.05, 0) is 67.9 Å². The van der Waals surface area contributed by atoms with E-state index in [1.165, 1.54) is 24.3 Å². The monoisotopic (exact) mass is 500 g/mol. The van der Waals surface area contributed by atoms with Gasteiger partial charge >= 0.3 is 0 Å². The summed E-state index contributed by atoms with van der Waals surface area (Å²) in [5.41, 5.74) is 2.19. The number of nitrogens with zero attached hydrogens (tertiary/aromatic N) is 1. The summed E-state index contributed by atoms with van der Waals surface area (Å²) in [7, 11) is -4.01. The summed E-state index contributed by atoms with van der Waals surface area (Å²) in [6, 6.07) is 17.9. The van der Waals surface area contributed by atoms with Crippen molar-refractivity contribution in [1.29, 1.82) is 0 Å². The van der Waals surface area contributed by atoms with Crippen molar-refractivity contribution in [2.45, 2.75) is 24.8 Å². The number of nitrogens with one attached hydrogen (secondary N) is 1. The standard InChI is InChI=1S/C25H25ClN2O5S/c1-17-3-8-21(9-4-17)28(34(30,31)22-10-6-20(26)7-11-22)16-25(29)27-18(2)19-5-12-23-24(15-19)33-14-13-32-23/h3-12,15,18H,13-14,16H2,1-2H3,(H,27,29). The number of hydrogen-bond acceptors (Lipinski definition) is 5. The lowest BCUT2D eigenvalue weighted by molar-refractivity contribution is -0.120. The number of aryl methyl sites for hydroxylation is 1. The van der Waals surface area contributed by atoms with Crippen LogP contribution in [0.25, 0.3) is 0 Å². The summed E-state index contributed by atoms with van der Waals surface area (Å²) in [5.74, 6) is 0.838. The third-order valence-corrected chi connectivity index (χ3v) is 7.49. The first kappa shape index (κ1) is 23.9. The fraction of sp³-hybridized carbons (Fsp3) is 0.240. The molecule has 3 aromatic rings. The molecule has 0 aromatic heterocycles. The normalized spacial score (nSPS) is 13.7. The lowest BCUT2D eigenvalue weighted by Crippen LogP contribution is -2.41. The number of rotatable bonds is 7. The molecule has 0 bridgehead atoms. The average Bonchev–Trinajstić information content (AvgIpc) is 2.83. The number of amides is 1. The zero-order chi connectivity index (χ0) is 24.3. The summed E-state index contributed by atoms with van der Waals surface area (Å²) in [6.07, 6.45) is 0. The summed E-state index contributed by atoms with van der Waals surface area (Å²) in [5, 5.41) is 3.31. The number of sulfonamides is 1. The number of carbonyl (C=O) groups excluding carboxylic acids is 1. The minimum Gasteiger partial charge on any atom is -0.486 e. The lowest BCUT2D eigenvalue weighted by Gasteiger charge is -2.25. The highest BCUT2D eigenvalue weighted by molar-refractivity contribution is 7.92. The van der Waals surface area contributed by atoms with Crippen LogP contribution in [0.3, 0.4) is 0 Å². The summed E-state index contributed by atoms with van der Waals surface area (Å²) in [4.78, 5) is 13.1. The number of carbonyl (C=O) groups is 1. The summed E-state index contributed by atoms with van der Waals surface area (Å²) >= 11 is 5.93. The Labute approximate surface area is 204 Å². The molecule has 0 fully saturated rings. The Kier molecular flexibility index (Phi) is 7.00. The third-order valence-electron chi connectivity index (χ3n) is 5.45. The minimum atomic E-state index is -4.01. The molecule has 1 amide bonds. The molecule has 1 unspecified atom stereocenters. The maximum atomic E-state index is 13.5. The van der Waals surface area contributed by atoms with Gasteiger partial charge in [0.2, 0.25) is 5.91 Å². The van der Waals surface area contributed by atoms with Crippen molar-refractivity contribution in [1.82, 2.24) is 5.32 Å². The van der Waals surface area contributed by atoms with Gasteiger partial charge in [-0.2, -0.15) is 0 Å². The number of hydrogen-bond donors (Lipinski definition) is 1. The van der Waals surface area contributed by atoms with Crippen molar-refractivity contribution in [2.75, 3.05) is 24.1 Å². The lowest BCUT2D eigenvalue weighted by atomic mass is 10.1. The van der Waals surface area contributed by atoms with Crippen molar-refractivity contribution in [3.05, 3.63) is 82.9 Å². The van der Waals surface area contributed by atoms with Gasteiger partial charge in [0.15, 0.2) is 11.5 Å². The van der Waals surface area contributed by atoms with Gasteiger partial charge in [0.1, 0.15) is 19.8 Å². The Morgan fingerprint density at radius 2 is 1.65 bits per heavy atom. The fourth-order valence-electron chi connectivity index (χ4n) is 3.59. The first-order valence-electron chi connectivity index (χ1n) is 10.8. The molecular formula is C25H25ClN2O5S. The molecule has 0 saturated carbocycles. The molecule has 178 valence electrons. The number of ether oxygens (including phenoxy) is 2. The van der Waals surface area contributed by atoms with Crippen LogP contribution in [0, 0.1) is 6.92 Å². The second kappa shape index (κ2) is 9.95. The molecule has 9 heteroatoms. The predicted molar refractivity (Wildman–Crippen MR) is 131 cm³/mol. The van der Waals surface area contributed by atoms with Crippen molar-refractivity contribution < 1.29 is 22.7 Å². The first-order valence-corrected chi connectivity index (χ1v) is 12.6. The van der Waals surface area contributed by atoms with Gasteiger partial charge in [-0.25, -0.2) is 8.42 Å². The molecule has 0 aliphatic carbocycles. The molecule has 1 atom stereocenters. The molecule has 0 spiro atoms. The van der Waals surface area contributed by atoms with Gasteiger partial charge in [-0.15, -0.1) is 0 Å². The average molecular weight is 501 g/mol. The highest BCUT2D eigenvalue weighted by Crippen LogP contribution is 2.32. The van der Waals surface area contributed by atoms with Gasteiger partial charge in [-0.1, -0.05) is 35.4 Å². The van der Waals surface area contributed by atoms with E-state index in [9.17, 15) is 13.2 Å². The van der Waals surface area contributed by atoms with Gasteiger partial charge in [0.25, 0.3) is 10.0 Å². The molecule has 1 aliphatic rings. The first-order chi connectivity index (χ1) is 16.2. The molecule has 1 aliphatic heterocycles. The molecule has 7 nitrogen and oxygen atoms in total. The van der Waals surface area contributed by atoms with Crippen LogP contribution < -0.4 is 19.1 Å². The van der Waals surface area contributed by atoms with Crippen molar-refractivity contribution in [3.8, 4) is 11.5 Å². The predicted octanol–water partition coefficient (Wildman–Crippen LogP) is 4.49. The van der Waals surface area contributed by atoms with E-state index in [-0.39, 0.29) is 17.5 Å². The van der Waals surface area contributed by atoms with Crippen LogP contribution in [0.15, 0.2) is 71.6 Å². The molecule has 4 rings (SSSR count). The number of halogens is 1. The van der Waals surface area contributed by atoms with Gasteiger partial charge < -0.3 is 14.8 Å². The molecule has 1 N–H and O–H groups in total. The molecule has 0 radical (unpaired) electrons. The van der Waals surface area contributed by atoms with Crippen LogP contribution in [0.4, 0.5) is 5.69 Å². The van der Waals surface area contributed by atoms with Crippen LogP contribution in [0.1, 0.15) is 24.1 Å². The molecule has 3 aromatic carbocycles. The molecule has 1 heterocycles. The zero-order valence-corrected chi connectivity index (χ0v) is 20.4. The topological polar surface area (TPSA) is 84.9 Å². The Balaban J connectivity index is 1.56. The van der Waals surface area contributed by atoms with E-state index in [1.807, 2.05) is 26.0 Å². The Morgan fingerprint density at radius 3 is 2.32 bits per heavy atom. The Morgan fingerprint density at radius 1 is 1.00 bits per heavy atom. The van der Waals surface area contributed by atoms with E-state index in [4.69, 9.17) is 21.1 Å². The number of fused-ring (bicyclic) bond motifs is 1. The van der Waals surface area contributed by atoms with E-state index >= 15 is 0 Å². The van der Waals surface area contributed by atoms with Crippen LogP contribution in [0.5, 0.6) is 11.5 Å². The second-order valence-corrected chi connectivity index (χ2v) is 10.3. The minimum absolute atomic E-state index is 0.0464. The molecular weight excluding hydrogens is 476 g/mol. The Bertz CT molecular complexity index is 1280. The van der Waals surface area contributed by atoms with Gasteiger partial charge in [0.05, 0.1) is 16.6 Å². The highest BCUT2D eigenvalue weighted by atomic mass is 35.5. The third kappa shape index (κ3) is 5.29. The zero-order valence-electron chi connectivity index (χ0n) is 18.8. The van der Waals surface area contributed by atoms with Crippen LogP contribution in [-0.4, -0.2) is 34.1 Å². The van der Waals surface area contributed by atoms with E-state index in [0.29, 0.717) is 35.4 Å². The number of benzene rings is 3. The smallest absolute Gasteiger partial charge is 0.264 e. The molecule has 0 saturated heterocycles. The fourth-order valence-corrected chi connectivity index (χ4v) is 5.14. The van der Waals surface area contributed by atoms with E-state index in [0.717, 1.165) is 15.4 Å². The largest absolute Gasteiger partial charge is 0.486 e. The van der Waals surface area contributed by atoms with E-state index in [2.05, 4.69) is 5.32 Å². The number of anilines is 1. The highest BCUT2D eigenvalue weighted by Gasteiger charge is 2.28.